The molecule has 0 heterocycles. The third-order valence-corrected chi connectivity index (χ3v) is 6.12. The van der Waals surface area contributed by atoms with Crippen LogP contribution in [0.4, 0.5) is 0 Å². The molecule has 0 aliphatic rings. The van der Waals surface area contributed by atoms with Gasteiger partial charge in [-0.15, -0.1) is 0 Å². The van der Waals surface area contributed by atoms with Crippen LogP contribution in [0.1, 0.15) is 22.9 Å². The first-order chi connectivity index (χ1) is 7.77. The number of hydrogen-bond acceptors (Lipinski definition) is 3. The minimum Gasteiger partial charge on any atom is -0.496 e. The van der Waals surface area contributed by atoms with Crippen LogP contribution >= 0.6 is 15.9 Å². The third kappa shape index (κ3) is 3.45. The van der Waals surface area contributed by atoms with Crippen molar-refractivity contribution in [3.05, 3.63) is 29.3 Å². The topological polar surface area (TPSA) is 43.4 Å². The molecule has 1 aromatic carbocycles. The highest BCUT2D eigenvalue weighted by Crippen LogP contribution is 2.32. The van der Waals surface area contributed by atoms with E-state index in [2.05, 4.69) is 15.9 Å². The lowest BCUT2D eigenvalue weighted by atomic mass is 10.1. The molecule has 0 N–H and O–H groups in total. The summed E-state index contributed by atoms with van der Waals surface area (Å²) < 4.78 is 28.2. The van der Waals surface area contributed by atoms with E-state index < -0.39 is 15.1 Å². The molecule has 0 spiro atoms. The molecule has 17 heavy (non-hydrogen) atoms. The Labute approximate surface area is 111 Å². The summed E-state index contributed by atoms with van der Waals surface area (Å²) in [5.74, 6) is 0.806. The van der Waals surface area contributed by atoms with Crippen LogP contribution < -0.4 is 4.74 Å². The number of halogens is 1. The molecule has 0 radical (unpaired) electrons. The Bertz CT molecular complexity index is 496. The largest absolute Gasteiger partial charge is 0.496 e. The fourth-order valence-corrected chi connectivity index (χ4v) is 3.61. The summed E-state index contributed by atoms with van der Waals surface area (Å²) in [6.07, 6.45) is 1.25. The molecule has 3 nitrogen and oxygen atoms in total. The van der Waals surface area contributed by atoms with Crippen molar-refractivity contribution in [1.29, 1.82) is 0 Å². The summed E-state index contributed by atoms with van der Waals surface area (Å²) in [6.45, 7) is 3.64. The molecule has 0 saturated heterocycles. The predicted molar refractivity (Wildman–Crippen MR) is 73.7 cm³/mol. The zero-order chi connectivity index (χ0) is 13.2. The van der Waals surface area contributed by atoms with Crippen molar-refractivity contribution < 1.29 is 13.2 Å². The Balaban J connectivity index is 3.05. The van der Waals surface area contributed by atoms with E-state index in [0.717, 1.165) is 16.9 Å². The highest BCUT2D eigenvalue weighted by atomic mass is 79.9. The van der Waals surface area contributed by atoms with Crippen LogP contribution in [0.5, 0.6) is 5.75 Å². The molecule has 1 aromatic rings. The Morgan fingerprint density at radius 2 is 1.94 bits per heavy atom. The van der Waals surface area contributed by atoms with Gasteiger partial charge in [0.15, 0.2) is 9.84 Å². The van der Waals surface area contributed by atoms with E-state index in [1.165, 1.54) is 6.26 Å². The van der Waals surface area contributed by atoms with Crippen LogP contribution in [-0.4, -0.2) is 27.0 Å². The number of sulfone groups is 1. The number of ether oxygens (including phenoxy) is 1. The molecule has 0 fully saturated rings. The van der Waals surface area contributed by atoms with E-state index in [-0.39, 0.29) is 4.83 Å². The Hall–Kier alpha value is -0.550. The van der Waals surface area contributed by atoms with Crippen LogP contribution in [0.25, 0.3) is 0 Å². The first-order valence-corrected chi connectivity index (χ1v) is 8.12. The lowest BCUT2D eigenvalue weighted by Crippen LogP contribution is -2.20. The van der Waals surface area contributed by atoms with Gasteiger partial charge < -0.3 is 4.74 Å². The SMILES string of the molecule is COc1ccc(C(Br)C(C)S(C)(=O)=O)cc1C. The van der Waals surface area contributed by atoms with Crippen LogP contribution in [0.15, 0.2) is 18.2 Å². The van der Waals surface area contributed by atoms with Crippen molar-refractivity contribution in [1.82, 2.24) is 0 Å². The molecule has 0 amide bonds. The lowest BCUT2D eigenvalue weighted by Gasteiger charge is -2.18. The normalized spacial score (nSPS) is 15.4. The highest BCUT2D eigenvalue weighted by Gasteiger charge is 2.25. The van der Waals surface area contributed by atoms with E-state index in [1.807, 2.05) is 25.1 Å². The van der Waals surface area contributed by atoms with Crippen molar-refractivity contribution in [2.24, 2.45) is 0 Å². The summed E-state index contributed by atoms with van der Waals surface area (Å²) in [4.78, 5) is -0.206. The second-order valence-electron chi connectivity index (χ2n) is 4.17. The highest BCUT2D eigenvalue weighted by molar-refractivity contribution is 9.09. The van der Waals surface area contributed by atoms with Gasteiger partial charge in [0.2, 0.25) is 0 Å². The summed E-state index contributed by atoms with van der Waals surface area (Å²) >= 11 is 3.45. The first-order valence-electron chi connectivity index (χ1n) is 5.25. The van der Waals surface area contributed by atoms with Gasteiger partial charge in [-0.25, -0.2) is 8.42 Å². The lowest BCUT2D eigenvalue weighted by molar-refractivity contribution is 0.411. The number of rotatable bonds is 4. The van der Waals surface area contributed by atoms with Crippen molar-refractivity contribution in [2.75, 3.05) is 13.4 Å². The van der Waals surface area contributed by atoms with Gasteiger partial charge in [0.1, 0.15) is 5.75 Å². The molecule has 2 atom stereocenters. The van der Waals surface area contributed by atoms with E-state index in [1.54, 1.807) is 14.0 Å². The van der Waals surface area contributed by atoms with Crippen molar-refractivity contribution in [2.45, 2.75) is 23.9 Å². The Morgan fingerprint density at radius 1 is 1.35 bits per heavy atom. The Morgan fingerprint density at radius 3 is 2.35 bits per heavy atom. The van der Waals surface area contributed by atoms with E-state index >= 15 is 0 Å². The van der Waals surface area contributed by atoms with Gasteiger partial charge >= 0.3 is 0 Å². The van der Waals surface area contributed by atoms with Crippen LogP contribution in [-0.2, 0) is 9.84 Å². The monoisotopic (exact) mass is 320 g/mol. The van der Waals surface area contributed by atoms with Crippen LogP contribution in [0.3, 0.4) is 0 Å². The summed E-state index contributed by atoms with van der Waals surface area (Å²) in [6, 6.07) is 5.68. The molecule has 0 aliphatic carbocycles. The second kappa shape index (κ2) is 5.40. The van der Waals surface area contributed by atoms with E-state index in [0.29, 0.717) is 0 Å². The molecule has 5 heteroatoms. The molecule has 0 saturated carbocycles. The fraction of sp³-hybridized carbons (Fsp3) is 0.500. The molecule has 0 aromatic heterocycles. The van der Waals surface area contributed by atoms with Gasteiger partial charge in [-0.05, 0) is 31.0 Å². The molecular formula is C12H17BrO3S. The number of aryl methyl sites for hydroxylation is 1. The van der Waals surface area contributed by atoms with Gasteiger partial charge in [0, 0.05) is 6.26 Å². The number of methoxy groups -OCH3 is 1. The minimum absolute atomic E-state index is 0.206. The first kappa shape index (κ1) is 14.5. The third-order valence-electron chi connectivity index (χ3n) is 2.82. The van der Waals surface area contributed by atoms with Gasteiger partial charge in [-0.3, -0.25) is 0 Å². The number of alkyl halides is 1. The fourth-order valence-electron chi connectivity index (χ4n) is 1.56. The second-order valence-corrected chi connectivity index (χ2v) is 7.55. The Kier molecular flexibility index (Phi) is 4.61. The van der Waals surface area contributed by atoms with Crippen molar-refractivity contribution >= 4 is 25.8 Å². The predicted octanol–water partition coefficient (Wildman–Crippen LogP) is 2.87. The van der Waals surface area contributed by atoms with Gasteiger partial charge in [0.25, 0.3) is 0 Å². The average Bonchev–Trinajstić information content (AvgIpc) is 2.25. The number of benzene rings is 1. The zero-order valence-corrected chi connectivity index (χ0v) is 12.8. The standard InChI is InChI=1S/C12H17BrO3S/c1-8-7-10(5-6-11(8)16-3)12(13)9(2)17(4,14)15/h5-7,9,12H,1-4H3. The van der Waals surface area contributed by atoms with Gasteiger partial charge in [0.05, 0.1) is 17.2 Å². The molecule has 1 rings (SSSR count). The quantitative estimate of drug-likeness (QED) is 0.801. The van der Waals surface area contributed by atoms with Crippen LogP contribution in [0.2, 0.25) is 0 Å². The molecule has 0 aliphatic heterocycles. The summed E-state index contributed by atoms with van der Waals surface area (Å²) in [7, 11) is -1.44. The van der Waals surface area contributed by atoms with Crippen molar-refractivity contribution in [3.63, 3.8) is 0 Å². The van der Waals surface area contributed by atoms with Crippen LogP contribution in [0, 0.1) is 6.92 Å². The molecule has 0 bridgehead atoms. The maximum absolute atomic E-state index is 11.5. The average molecular weight is 321 g/mol. The molecule has 96 valence electrons. The van der Waals surface area contributed by atoms with E-state index in [4.69, 9.17) is 4.74 Å². The van der Waals surface area contributed by atoms with E-state index in [9.17, 15) is 8.42 Å². The van der Waals surface area contributed by atoms with Crippen molar-refractivity contribution in [3.8, 4) is 5.75 Å². The minimum atomic E-state index is -3.06. The summed E-state index contributed by atoms with van der Waals surface area (Å²) in [5, 5.41) is -0.463. The van der Waals surface area contributed by atoms with Gasteiger partial charge in [-0.1, -0.05) is 28.1 Å². The zero-order valence-electron chi connectivity index (χ0n) is 10.4. The maximum atomic E-state index is 11.5. The van der Waals surface area contributed by atoms with Gasteiger partial charge in [-0.2, -0.15) is 0 Å². The maximum Gasteiger partial charge on any atom is 0.151 e. The molecule has 2 unspecified atom stereocenters. The summed E-state index contributed by atoms with van der Waals surface area (Å²) in [5.41, 5.74) is 1.94. The number of hydrogen-bond donors (Lipinski definition) is 0. The molecular weight excluding hydrogens is 304 g/mol. The smallest absolute Gasteiger partial charge is 0.151 e.